The van der Waals surface area contributed by atoms with Crippen LogP contribution in [0.5, 0.6) is 0 Å². The molecule has 0 atom stereocenters. The standard InChI is InChI=1S/C10H20N2O2/c1-8(2)7-14-10(13)12(6-5-11)9-3-4-9/h8-9H,3-7,11H2,1-2H3. The second-order valence-electron chi connectivity index (χ2n) is 4.18. The highest BCUT2D eigenvalue weighted by molar-refractivity contribution is 5.68. The predicted molar refractivity (Wildman–Crippen MR) is 55.0 cm³/mol. The summed E-state index contributed by atoms with van der Waals surface area (Å²) in [5.74, 6) is 0.387. The monoisotopic (exact) mass is 200 g/mol. The van der Waals surface area contributed by atoms with Gasteiger partial charge in [0, 0.05) is 19.1 Å². The van der Waals surface area contributed by atoms with E-state index in [0.29, 0.717) is 31.7 Å². The molecule has 1 aliphatic carbocycles. The summed E-state index contributed by atoms with van der Waals surface area (Å²) in [7, 11) is 0. The van der Waals surface area contributed by atoms with E-state index in [9.17, 15) is 4.79 Å². The van der Waals surface area contributed by atoms with Crippen LogP contribution in [0, 0.1) is 5.92 Å². The second-order valence-corrected chi connectivity index (χ2v) is 4.18. The summed E-state index contributed by atoms with van der Waals surface area (Å²) in [6.45, 7) is 5.66. The Morgan fingerprint density at radius 2 is 2.21 bits per heavy atom. The summed E-state index contributed by atoms with van der Waals surface area (Å²) in [6, 6.07) is 0.387. The summed E-state index contributed by atoms with van der Waals surface area (Å²) < 4.78 is 5.15. The predicted octanol–water partition coefficient (Wildman–Crippen LogP) is 1.20. The summed E-state index contributed by atoms with van der Waals surface area (Å²) >= 11 is 0. The van der Waals surface area contributed by atoms with E-state index in [1.54, 1.807) is 4.90 Å². The molecule has 0 radical (unpaired) electrons. The van der Waals surface area contributed by atoms with Crippen molar-refractivity contribution in [3.63, 3.8) is 0 Å². The molecule has 0 bridgehead atoms. The van der Waals surface area contributed by atoms with Gasteiger partial charge in [-0.2, -0.15) is 0 Å². The minimum absolute atomic E-state index is 0.202. The third-order valence-corrected chi connectivity index (χ3v) is 2.13. The van der Waals surface area contributed by atoms with Gasteiger partial charge in [-0.3, -0.25) is 0 Å². The van der Waals surface area contributed by atoms with E-state index < -0.39 is 0 Å². The Morgan fingerprint density at radius 1 is 1.57 bits per heavy atom. The van der Waals surface area contributed by atoms with Crippen molar-refractivity contribution in [2.24, 2.45) is 11.7 Å². The van der Waals surface area contributed by atoms with Gasteiger partial charge in [-0.25, -0.2) is 4.79 Å². The number of nitrogens with zero attached hydrogens (tertiary/aromatic N) is 1. The number of carbonyl (C=O) groups is 1. The van der Waals surface area contributed by atoms with Gasteiger partial charge in [0.2, 0.25) is 0 Å². The van der Waals surface area contributed by atoms with Crippen LogP contribution in [0.3, 0.4) is 0 Å². The fourth-order valence-electron chi connectivity index (χ4n) is 1.27. The fourth-order valence-corrected chi connectivity index (χ4v) is 1.27. The van der Waals surface area contributed by atoms with Crippen LogP contribution in [-0.4, -0.2) is 36.7 Å². The lowest BCUT2D eigenvalue weighted by Crippen LogP contribution is -2.38. The minimum atomic E-state index is -0.202. The zero-order valence-corrected chi connectivity index (χ0v) is 9.03. The first-order valence-corrected chi connectivity index (χ1v) is 5.28. The normalized spacial score (nSPS) is 15.7. The molecular formula is C10H20N2O2. The smallest absolute Gasteiger partial charge is 0.410 e. The van der Waals surface area contributed by atoms with Crippen molar-refractivity contribution in [1.82, 2.24) is 4.90 Å². The Hall–Kier alpha value is -0.770. The highest BCUT2D eigenvalue weighted by Gasteiger charge is 2.32. The number of carbonyl (C=O) groups excluding carboxylic acids is 1. The topological polar surface area (TPSA) is 55.6 Å². The van der Waals surface area contributed by atoms with Crippen molar-refractivity contribution >= 4 is 6.09 Å². The van der Waals surface area contributed by atoms with Crippen LogP contribution in [0.4, 0.5) is 4.79 Å². The molecule has 2 N–H and O–H groups in total. The molecule has 0 unspecified atom stereocenters. The van der Waals surface area contributed by atoms with E-state index in [1.165, 1.54) is 0 Å². The Morgan fingerprint density at radius 3 is 2.64 bits per heavy atom. The SMILES string of the molecule is CC(C)COC(=O)N(CCN)C1CC1. The van der Waals surface area contributed by atoms with Gasteiger partial charge in [-0.05, 0) is 18.8 Å². The molecule has 0 saturated heterocycles. The van der Waals surface area contributed by atoms with Gasteiger partial charge in [0.25, 0.3) is 0 Å². The molecule has 0 aromatic carbocycles. The Bertz CT molecular complexity index is 191. The van der Waals surface area contributed by atoms with E-state index in [-0.39, 0.29) is 6.09 Å². The van der Waals surface area contributed by atoms with Gasteiger partial charge >= 0.3 is 6.09 Å². The van der Waals surface area contributed by atoms with Crippen molar-refractivity contribution in [2.45, 2.75) is 32.7 Å². The molecule has 1 saturated carbocycles. The first-order valence-electron chi connectivity index (χ1n) is 5.28. The highest BCUT2D eigenvalue weighted by atomic mass is 16.6. The Labute approximate surface area is 85.4 Å². The van der Waals surface area contributed by atoms with Gasteiger partial charge in [-0.15, -0.1) is 0 Å². The molecule has 0 spiro atoms. The number of rotatable bonds is 5. The molecule has 1 rings (SSSR count). The maximum Gasteiger partial charge on any atom is 0.410 e. The average Bonchev–Trinajstić information content (AvgIpc) is 2.93. The third kappa shape index (κ3) is 3.54. The van der Waals surface area contributed by atoms with Gasteiger partial charge < -0.3 is 15.4 Å². The number of hydrogen-bond acceptors (Lipinski definition) is 3. The van der Waals surface area contributed by atoms with Crippen LogP contribution in [0.25, 0.3) is 0 Å². The fraction of sp³-hybridized carbons (Fsp3) is 0.900. The van der Waals surface area contributed by atoms with E-state index in [4.69, 9.17) is 10.5 Å². The van der Waals surface area contributed by atoms with Crippen LogP contribution in [0.15, 0.2) is 0 Å². The van der Waals surface area contributed by atoms with Gasteiger partial charge in [0.15, 0.2) is 0 Å². The van der Waals surface area contributed by atoms with E-state index in [0.717, 1.165) is 12.8 Å². The van der Waals surface area contributed by atoms with Crippen LogP contribution in [0.2, 0.25) is 0 Å². The second kappa shape index (κ2) is 5.20. The molecule has 0 aromatic heterocycles. The number of ether oxygens (including phenoxy) is 1. The molecule has 4 heteroatoms. The molecule has 1 fully saturated rings. The molecule has 82 valence electrons. The number of amides is 1. The zero-order chi connectivity index (χ0) is 10.6. The van der Waals surface area contributed by atoms with Crippen molar-refractivity contribution in [3.05, 3.63) is 0 Å². The summed E-state index contributed by atoms with van der Waals surface area (Å²) in [5.41, 5.74) is 5.44. The van der Waals surface area contributed by atoms with Gasteiger partial charge in [-0.1, -0.05) is 13.8 Å². The maximum atomic E-state index is 11.6. The molecule has 4 nitrogen and oxygen atoms in total. The molecule has 1 aliphatic rings. The van der Waals surface area contributed by atoms with E-state index in [2.05, 4.69) is 0 Å². The number of hydrogen-bond donors (Lipinski definition) is 1. The summed E-state index contributed by atoms with van der Waals surface area (Å²) in [4.78, 5) is 13.3. The molecule has 0 aromatic rings. The van der Waals surface area contributed by atoms with Gasteiger partial charge in [0.05, 0.1) is 6.61 Å². The van der Waals surface area contributed by atoms with Crippen molar-refractivity contribution < 1.29 is 9.53 Å². The Kier molecular flexibility index (Phi) is 4.20. The molecular weight excluding hydrogens is 180 g/mol. The van der Waals surface area contributed by atoms with E-state index in [1.807, 2.05) is 13.8 Å². The molecule has 0 heterocycles. The lowest BCUT2D eigenvalue weighted by Gasteiger charge is -2.21. The van der Waals surface area contributed by atoms with E-state index >= 15 is 0 Å². The van der Waals surface area contributed by atoms with Crippen molar-refractivity contribution in [3.8, 4) is 0 Å². The molecule has 14 heavy (non-hydrogen) atoms. The molecule has 1 amide bonds. The number of nitrogens with two attached hydrogens (primary N) is 1. The van der Waals surface area contributed by atoms with Crippen molar-refractivity contribution in [2.75, 3.05) is 19.7 Å². The first kappa shape index (κ1) is 11.3. The van der Waals surface area contributed by atoms with Crippen LogP contribution in [-0.2, 0) is 4.74 Å². The lowest BCUT2D eigenvalue weighted by molar-refractivity contribution is 0.0905. The Balaban J connectivity index is 2.30. The summed E-state index contributed by atoms with van der Waals surface area (Å²) in [5, 5.41) is 0. The zero-order valence-electron chi connectivity index (χ0n) is 9.03. The van der Waals surface area contributed by atoms with Gasteiger partial charge in [0.1, 0.15) is 0 Å². The molecule has 0 aliphatic heterocycles. The van der Waals surface area contributed by atoms with Crippen LogP contribution in [0.1, 0.15) is 26.7 Å². The largest absolute Gasteiger partial charge is 0.449 e. The first-order chi connectivity index (χ1) is 6.65. The average molecular weight is 200 g/mol. The highest BCUT2D eigenvalue weighted by Crippen LogP contribution is 2.26. The lowest BCUT2D eigenvalue weighted by atomic mass is 10.2. The van der Waals surface area contributed by atoms with Crippen LogP contribution < -0.4 is 5.73 Å². The summed E-state index contributed by atoms with van der Waals surface area (Å²) in [6.07, 6.45) is 1.99. The van der Waals surface area contributed by atoms with Crippen molar-refractivity contribution in [1.29, 1.82) is 0 Å². The van der Waals surface area contributed by atoms with Crippen LogP contribution >= 0.6 is 0 Å². The maximum absolute atomic E-state index is 11.6. The third-order valence-electron chi connectivity index (χ3n) is 2.13. The minimum Gasteiger partial charge on any atom is -0.449 e. The quantitative estimate of drug-likeness (QED) is 0.725.